The molecule has 1 amide bonds. The number of halogens is 1. The maximum absolute atomic E-state index is 12.6. The topological polar surface area (TPSA) is 20.3 Å². The monoisotopic (exact) mass is 331 g/mol. The van der Waals surface area contributed by atoms with Crippen LogP contribution in [0.5, 0.6) is 0 Å². The zero-order valence-corrected chi connectivity index (χ0v) is 13.8. The maximum Gasteiger partial charge on any atom is 0.253 e. The summed E-state index contributed by atoms with van der Waals surface area (Å²) in [6.07, 6.45) is 0.937. The number of carbonyl (C=O) groups excluding carboxylic acids is 1. The molecule has 1 fully saturated rings. The van der Waals surface area contributed by atoms with Crippen molar-refractivity contribution in [1.29, 1.82) is 0 Å². The van der Waals surface area contributed by atoms with Crippen LogP contribution in [0.2, 0.25) is 5.02 Å². The second-order valence-electron chi connectivity index (χ2n) is 5.33. The van der Waals surface area contributed by atoms with Crippen molar-refractivity contribution >= 4 is 29.3 Å². The number of carbonyl (C=O) groups is 1. The van der Waals surface area contributed by atoms with Crippen LogP contribution in [-0.4, -0.2) is 29.6 Å². The molecule has 0 saturated carbocycles. The molecule has 4 heteroatoms. The standard InChI is InChI=1S/C18H18ClNOS/c19-16-9-5-4-8-15(16)17-10-11-20(12-13-22-17)18(21)14-6-2-1-3-7-14/h1-9,17H,10-13H2. The quantitative estimate of drug-likeness (QED) is 0.797. The highest BCUT2D eigenvalue weighted by Gasteiger charge is 2.23. The van der Waals surface area contributed by atoms with Gasteiger partial charge in [-0.05, 0) is 30.2 Å². The molecule has 1 saturated heterocycles. The molecule has 1 aliphatic heterocycles. The van der Waals surface area contributed by atoms with E-state index in [9.17, 15) is 4.79 Å². The van der Waals surface area contributed by atoms with E-state index in [2.05, 4.69) is 6.07 Å². The molecular formula is C18H18ClNOS. The number of hydrogen-bond acceptors (Lipinski definition) is 2. The summed E-state index contributed by atoms with van der Waals surface area (Å²) in [5.74, 6) is 1.06. The predicted octanol–water partition coefficient (Wildman–Crippen LogP) is 4.66. The van der Waals surface area contributed by atoms with Crippen LogP contribution in [0, 0.1) is 0 Å². The third-order valence-electron chi connectivity index (χ3n) is 3.90. The lowest BCUT2D eigenvalue weighted by Crippen LogP contribution is -2.32. The Morgan fingerprint density at radius 1 is 1.05 bits per heavy atom. The molecule has 1 atom stereocenters. The minimum atomic E-state index is 0.126. The smallest absolute Gasteiger partial charge is 0.253 e. The highest BCUT2D eigenvalue weighted by atomic mass is 35.5. The Morgan fingerprint density at radius 3 is 2.55 bits per heavy atom. The van der Waals surface area contributed by atoms with Crippen LogP contribution in [0.25, 0.3) is 0 Å². The first-order chi connectivity index (χ1) is 10.8. The van der Waals surface area contributed by atoms with Crippen molar-refractivity contribution < 1.29 is 4.79 Å². The van der Waals surface area contributed by atoms with E-state index in [0.717, 1.165) is 35.8 Å². The average molecular weight is 332 g/mol. The summed E-state index contributed by atoms with van der Waals surface area (Å²) < 4.78 is 0. The normalized spacial score (nSPS) is 18.8. The van der Waals surface area contributed by atoms with Crippen molar-refractivity contribution in [3.05, 3.63) is 70.7 Å². The molecule has 3 rings (SSSR count). The molecule has 2 aromatic rings. The van der Waals surface area contributed by atoms with Crippen LogP contribution in [0.1, 0.15) is 27.6 Å². The molecule has 0 N–H and O–H groups in total. The minimum absolute atomic E-state index is 0.126. The van der Waals surface area contributed by atoms with Crippen LogP contribution < -0.4 is 0 Å². The van der Waals surface area contributed by atoms with Crippen LogP contribution >= 0.6 is 23.4 Å². The molecule has 0 spiro atoms. The largest absolute Gasteiger partial charge is 0.338 e. The van der Waals surface area contributed by atoms with E-state index < -0.39 is 0 Å². The Morgan fingerprint density at radius 2 is 1.77 bits per heavy atom. The molecule has 1 aliphatic rings. The van der Waals surface area contributed by atoms with Gasteiger partial charge in [-0.3, -0.25) is 4.79 Å². The third-order valence-corrected chi connectivity index (χ3v) is 5.56. The minimum Gasteiger partial charge on any atom is -0.338 e. The Kier molecular flexibility index (Phi) is 5.06. The van der Waals surface area contributed by atoms with E-state index in [1.807, 2.05) is 65.2 Å². The van der Waals surface area contributed by atoms with E-state index in [0.29, 0.717) is 5.25 Å². The molecule has 2 nitrogen and oxygen atoms in total. The SMILES string of the molecule is O=C(c1ccccc1)N1CCSC(c2ccccc2Cl)CC1. The number of rotatable bonds is 2. The number of thioether (sulfide) groups is 1. The number of nitrogens with zero attached hydrogens (tertiary/aromatic N) is 1. The van der Waals surface area contributed by atoms with Gasteiger partial charge in [0.1, 0.15) is 0 Å². The van der Waals surface area contributed by atoms with Gasteiger partial charge < -0.3 is 4.90 Å². The van der Waals surface area contributed by atoms with Crippen molar-refractivity contribution in [2.24, 2.45) is 0 Å². The van der Waals surface area contributed by atoms with E-state index in [4.69, 9.17) is 11.6 Å². The van der Waals surface area contributed by atoms with Crippen molar-refractivity contribution in [2.45, 2.75) is 11.7 Å². The highest BCUT2D eigenvalue weighted by Crippen LogP contribution is 2.37. The Hall–Kier alpha value is -1.45. The van der Waals surface area contributed by atoms with Gasteiger partial charge in [0.15, 0.2) is 0 Å². The van der Waals surface area contributed by atoms with E-state index in [1.54, 1.807) is 0 Å². The van der Waals surface area contributed by atoms with Crippen LogP contribution in [0.3, 0.4) is 0 Å². The summed E-state index contributed by atoms with van der Waals surface area (Å²) in [7, 11) is 0. The second-order valence-corrected chi connectivity index (χ2v) is 7.05. The lowest BCUT2D eigenvalue weighted by Gasteiger charge is -2.20. The summed E-state index contributed by atoms with van der Waals surface area (Å²) in [4.78, 5) is 14.5. The number of amides is 1. The van der Waals surface area contributed by atoms with Gasteiger partial charge in [-0.25, -0.2) is 0 Å². The molecule has 0 bridgehead atoms. The van der Waals surface area contributed by atoms with Gasteiger partial charge in [-0.2, -0.15) is 11.8 Å². The maximum atomic E-state index is 12.6. The summed E-state index contributed by atoms with van der Waals surface area (Å²) in [6, 6.07) is 17.5. The molecule has 0 aliphatic carbocycles. The van der Waals surface area contributed by atoms with Gasteiger partial charge in [-0.15, -0.1) is 0 Å². The van der Waals surface area contributed by atoms with Gasteiger partial charge in [0.2, 0.25) is 0 Å². The van der Waals surface area contributed by atoms with Gasteiger partial charge in [-0.1, -0.05) is 48.0 Å². The van der Waals surface area contributed by atoms with Crippen molar-refractivity contribution in [3.8, 4) is 0 Å². The Labute approximate surface area is 140 Å². The second kappa shape index (κ2) is 7.21. The third kappa shape index (κ3) is 3.47. The molecule has 114 valence electrons. The van der Waals surface area contributed by atoms with Crippen molar-refractivity contribution in [1.82, 2.24) is 4.90 Å². The lowest BCUT2D eigenvalue weighted by atomic mass is 10.1. The molecule has 2 aromatic carbocycles. The summed E-state index contributed by atoms with van der Waals surface area (Å²) >= 11 is 8.20. The first-order valence-corrected chi connectivity index (χ1v) is 8.89. The Balaban J connectivity index is 1.70. The zero-order valence-electron chi connectivity index (χ0n) is 12.2. The van der Waals surface area contributed by atoms with Gasteiger partial charge in [0.25, 0.3) is 5.91 Å². The molecule has 22 heavy (non-hydrogen) atoms. The molecule has 1 heterocycles. The zero-order chi connectivity index (χ0) is 15.4. The lowest BCUT2D eigenvalue weighted by molar-refractivity contribution is 0.0766. The molecule has 0 radical (unpaired) electrons. The fourth-order valence-corrected chi connectivity index (χ4v) is 4.32. The van der Waals surface area contributed by atoms with Gasteiger partial charge in [0, 0.05) is 34.7 Å². The molecular weight excluding hydrogens is 314 g/mol. The summed E-state index contributed by atoms with van der Waals surface area (Å²) in [6.45, 7) is 1.57. The summed E-state index contributed by atoms with van der Waals surface area (Å²) in [5.41, 5.74) is 1.95. The molecule has 0 aromatic heterocycles. The first kappa shape index (κ1) is 15.4. The van der Waals surface area contributed by atoms with Crippen molar-refractivity contribution in [2.75, 3.05) is 18.8 Å². The fourth-order valence-electron chi connectivity index (χ4n) is 2.72. The molecule has 1 unspecified atom stereocenters. The summed E-state index contributed by atoms with van der Waals surface area (Å²) in [5, 5.41) is 1.19. The Bertz CT molecular complexity index is 647. The van der Waals surface area contributed by atoms with E-state index in [1.165, 1.54) is 5.56 Å². The van der Waals surface area contributed by atoms with Crippen LogP contribution in [0.4, 0.5) is 0 Å². The fraction of sp³-hybridized carbons (Fsp3) is 0.278. The van der Waals surface area contributed by atoms with Crippen LogP contribution in [-0.2, 0) is 0 Å². The average Bonchev–Trinajstić information content (AvgIpc) is 2.81. The van der Waals surface area contributed by atoms with Gasteiger partial charge >= 0.3 is 0 Å². The van der Waals surface area contributed by atoms with Gasteiger partial charge in [0.05, 0.1) is 0 Å². The van der Waals surface area contributed by atoms with E-state index in [-0.39, 0.29) is 5.91 Å². The number of benzene rings is 2. The van der Waals surface area contributed by atoms with Crippen molar-refractivity contribution in [3.63, 3.8) is 0 Å². The van der Waals surface area contributed by atoms with Crippen LogP contribution in [0.15, 0.2) is 54.6 Å². The predicted molar refractivity (Wildman–Crippen MR) is 93.6 cm³/mol. The highest BCUT2D eigenvalue weighted by molar-refractivity contribution is 7.99. The first-order valence-electron chi connectivity index (χ1n) is 7.46. The number of hydrogen-bond donors (Lipinski definition) is 0. The van der Waals surface area contributed by atoms with E-state index >= 15 is 0 Å².